The van der Waals surface area contributed by atoms with E-state index in [0.29, 0.717) is 0 Å². The molecular weight excluding hydrogens is 765 g/mol. The zero-order valence-electron chi connectivity index (χ0n) is 34.5. The minimum Gasteiger partial charge on any atom is -0.135 e. The van der Waals surface area contributed by atoms with Gasteiger partial charge in [-0.3, -0.25) is 0 Å². The van der Waals surface area contributed by atoms with Gasteiger partial charge in [0.25, 0.3) is 0 Å². The second kappa shape index (κ2) is 13.3. The van der Waals surface area contributed by atoms with Gasteiger partial charge in [0.1, 0.15) is 0 Å². The number of fused-ring (bicyclic) bond motifs is 11. The third-order valence-corrected chi connectivity index (χ3v) is 14.9. The lowest BCUT2D eigenvalue weighted by atomic mass is 9.82. The molecule has 1 aliphatic carbocycles. The van der Waals surface area contributed by atoms with Crippen molar-refractivity contribution in [2.24, 2.45) is 0 Å². The standard InChI is InChI=1S/C61H40S/c1-61(2)54-25-12-11-19-45(54)52-36-56-53(34-55(52)61)60-46-20-6-5-18-44(46)51(35-57(60)62-56)38-27-29-39(30-28-38)58-47-21-7-9-23-49(47)59(50-24-10-8-22-48(50)58)43-17-13-16-41(33-43)42-31-26-37-14-3-4-15-40(37)32-42/h3-36H,1-2H3. The maximum absolute atomic E-state index is 2.51. The molecule has 1 heteroatoms. The van der Waals surface area contributed by atoms with Gasteiger partial charge in [-0.05, 0) is 140 Å². The minimum atomic E-state index is -0.0354. The molecule has 62 heavy (non-hydrogen) atoms. The van der Waals surface area contributed by atoms with Crippen molar-refractivity contribution in [1.29, 1.82) is 0 Å². The molecule has 0 saturated carbocycles. The van der Waals surface area contributed by atoms with Crippen molar-refractivity contribution < 1.29 is 0 Å². The van der Waals surface area contributed by atoms with Crippen LogP contribution in [-0.2, 0) is 5.41 Å². The first-order valence-corrected chi connectivity index (χ1v) is 22.5. The Morgan fingerprint density at radius 1 is 0.306 bits per heavy atom. The van der Waals surface area contributed by atoms with E-state index in [2.05, 4.69) is 220 Å². The Kier molecular flexibility index (Phi) is 7.62. The zero-order chi connectivity index (χ0) is 41.1. The summed E-state index contributed by atoms with van der Waals surface area (Å²) >= 11 is 1.93. The van der Waals surface area contributed by atoms with Crippen LogP contribution in [0.1, 0.15) is 25.0 Å². The van der Waals surface area contributed by atoms with Crippen LogP contribution in [0.2, 0.25) is 0 Å². The van der Waals surface area contributed by atoms with Gasteiger partial charge in [-0.15, -0.1) is 11.3 Å². The van der Waals surface area contributed by atoms with Crippen molar-refractivity contribution in [3.63, 3.8) is 0 Å². The Hall–Kier alpha value is -7.32. The van der Waals surface area contributed by atoms with E-state index in [1.54, 1.807) is 0 Å². The molecule has 0 atom stereocenters. The number of thiophene rings is 1. The molecule has 0 amide bonds. The first-order valence-electron chi connectivity index (χ1n) is 21.7. The van der Waals surface area contributed by atoms with Gasteiger partial charge in [-0.25, -0.2) is 0 Å². The molecule has 1 heterocycles. The molecule has 1 aromatic heterocycles. The van der Waals surface area contributed by atoms with E-state index < -0.39 is 0 Å². The fourth-order valence-electron chi connectivity index (χ4n) is 10.9. The average Bonchev–Trinajstić information content (AvgIpc) is 3.80. The third-order valence-electron chi connectivity index (χ3n) is 13.8. The summed E-state index contributed by atoms with van der Waals surface area (Å²) in [4.78, 5) is 0. The van der Waals surface area contributed by atoms with E-state index in [4.69, 9.17) is 0 Å². The molecule has 0 unspecified atom stereocenters. The highest BCUT2D eigenvalue weighted by atomic mass is 32.1. The maximum atomic E-state index is 2.51. The van der Waals surface area contributed by atoms with Gasteiger partial charge in [0.2, 0.25) is 0 Å². The highest BCUT2D eigenvalue weighted by molar-refractivity contribution is 7.26. The molecule has 290 valence electrons. The predicted molar refractivity (Wildman–Crippen MR) is 269 cm³/mol. The lowest BCUT2D eigenvalue weighted by Crippen LogP contribution is -2.14. The summed E-state index contributed by atoms with van der Waals surface area (Å²) in [6, 6.07) is 77.2. The predicted octanol–water partition coefficient (Wildman–Crippen LogP) is 17.6. The molecule has 0 aliphatic heterocycles. The quantitative estimate of drug-likeness (QED) is 0.155. The van der Waals surface area contributed by atoms with E-state index in [-0.39, 0.29) is 5.41 Å². The van der Waals surface area contributed by atoms with Crippen molar-refractivity contribution in [2.75, 3.05) is 0 Å². The summed E-state index contributed by atoms with van der Waals surface area (Å²) in [5.74, 6) is 0. The maximum Gasteiger partial charge on any atom is 0.0368 e. The Labute approximate surface area is 365 Å². The van der Waals surface area contributed by atoms with E-state index in [1.807, 2.05) is 11.3 Å². The largest absolute Gasteiger partial charge is 0.135 e. The molecule has 13 rings (SSSR count). The molecular formula is C61H40S. The Bertz CT molecular complexity index is 3770. The van der Waals surface area contributed by atoms with E-state index in [9.17, 15) is 0 Å². The molecule has 12 aromatic rings. The van der Waals surface area contributed by atoms with Crippen LogP contribution in [-0.4, -0.2) is 0 Å². The summed E-state index contributed by atoms with van der Waals surface area (Å²) in [5, 5.41) is 12.9. The Morgan fingerprint density at radius 2 is 0.855 bits per heavy atom. The summed E-state index contributed by atoms with van der Waals surface area (Å²) in [6.07, 6.45) is 0. The second-order valence-electron chi connectivity index (χ2n) is 17.6. The molecule has 0 N–H and O–H groups in total. The summed E-state index contributed by atoms with van der Waals surface area (Å²) in [5.41, 5.74) is 15.5. The van der Waals surface area contributed by atoms with Crippen molar-refractivity contribution in [3.8, 4) is 55.6 Å². The number of hydrogen-bond acceptors (Lipinski definition) is 1. The van der Waals surface area contributed by atoms with Crippen LogP contribution in [0.4, 0.5) is 0 Å². The molecule has 0 bridgehead atoms. The van der Waals surface area contributed by atoms with Crippen molar-refractivity contribution in [2.45, 2.75) is 19.3 Å². The number of hydrogen-bond donors (Lipinski definition) is 0. The van der Waals surface area contributed by atoms with Crippen LogP contribution in [0.3, 0.4) is 0 Å². The van der Waals surface area contributed by atoms with Crippen LogP contribution in [0.15, 0.2) is 206 Å². The molecule has 1 aliphatic rings. The molecule has 0 nitrogen and oxygen atoms in total. The van der Waals surface area contributed by atoms with Gasteiger partial charge >= 0.3 is 0 Å². The first kappa shape index (κ1) is 35.4. The molecule has 0 spiro atoms. The van der Waals surface area contributed by atoms with Crippen LogP contribution in [0, 0.1) is 0 Å². The van der Waals surface area contributed by atoms with Gasteiger partial charge in [0.15, 0.2) is 0 Å². The van der Waals surface area contributed by atoms with Crippen molar-refractivity contribution in [1.82, 2.24) is 0 Å². The van der Waals surface area contributed by atoms with Crippen LogP contribution in [0.5, 0.6) is 0 Å². The van der Waals surface area contributed by atoms with E-state index in [1.165, 1.54) is 130 Å². The lowest BCUT2D eigenvalue weighted by Gasteiger charge is -2.21. The molecule has 0 saturated heterocycles. The summed E-state index contributed by atoms with van der Waals surface area (Å²) in [6.45, 7) is 4.76. The van der Waals surface area contributed by atoms with Gasteiger partial charge < -0.3 is 0 Å². The number of rotatable bonds is 4. The summed E-state index contributed by atoms with van der Waals surface area (Å²) in [7, 11) is 0. The van der Waals surface area contributed by atoms with Gasteiger partial charge in [0, 0.05) is 25.6 Å². The first-order chi connectivity index (χ1) is 30.5. The monoisotopic (exact) mass is 804 g/mol. The van der Waals surface area contributed by atoms with Crippen LogP contribution < -0.4 is 0 Å². The highest BCUT2D eigenvalue weighted by Crippen LogP contribution is 2.53. The fraction of sp³-hybridized carbons (Fsp3) is 0.0492. The average molecular weight is 805 g/mol. The topological polar surface area (TPSA) is 0 Å². The third kappa shape index (κ3) is 5.19. The Morgan fingerprint density at radius 3 is 1.60 bits per heavy atom. The molecule has 0 radical (unpaired) electrons. The van der Waals surface area contributed by atoms with Crippen molar-refractivity contribution >= 4 is 74.6 Å². The summed E-state index contributed by atoms with van der Waals surface area (Å²) < 4.78 is 2.69. The molecule has 0 fully saturated rings. The minimum absolute atomic E-state index is 0.0354. The SMILES string of the molecule is CC1(C)c2ccccc2-c2cc3sc4cc(-c5ccc(-c6c7ccccc7c(-c7cccc(-c8ccc9ccccc9c8)c7)c7ccccc67)cc5)c5ccccc5c4c3cc21. The second-order valence-corrected chi connectivity index (χ2v) is 18.7. The van der Waals surface area contributed by atoms with E-state index in [0.717, 1.165) is 0 Å². The lowest BCUT2D eigenvalue weighted by molar-refractivity contribution is 0.661. The molecule has 11 aromatic carbocycles. The zero-order valence-corrected chi connectivity index (χ0v) is 35.4. The van der Waals surface area contributed by atoms with Crippen LogP contribution in [0.25, 0.3) is 119 Å². The highest BCUT2D eigenvalue weighted by Gasteiger charge is 2.36. The van der Waals surface area contributed by atoms with Crippen molar-refractivity contribution in [3.05, 3.63) is 217 Å². The Balaban J connectivity index is 0.947. The van der Waals surface area contributed by atoms with Gasteiger partial charge in [-0.1, -0.05) is 190 Å². The van der Waals surface area contributed by atoms with E-state index >= 15 is 0 Å². The fourth-order valence-corrected chi connectivity index (χ4v) is 12.0. The normalized spacial score (nSPS) is 13.1. The number of benzene rings is 11. The van der Waals surface area contributed by atoms with Gasteiger partial charge in [0.05, 0.1) is 0 Å². The van der Waals surface area contributed by atoms with Gasteiger partial charge in [-0.2, -0.15) is 0 Å². The van der Waals surface area contributed by atoms with Crippen LogP contribution >= 0.6 is 11.3 Å². The smallest absolute Gasteiger partial charge is 0.0368 e.